The van der Waals surface area contributed by atoms with E-state index in [2.05, 4.69) is 4.74 Å². The van der Waals surface area contributed by atoms with Crippen LogP contribution in [0.2, 0.25) is 0 Å². The van der Waals surface area contributed by atoms with E-state index in [4.69, 9.17) is 0 Å². The second kappa shape index (κ2) is 5.11. The fourth-order valence-electron chi connectivity index (χ4n) is 1.24. The highest BCUT2D eigenvalue weighted by Gasteiger charge is 2.29. The van der Waals surface area contributed by atoms with Crippen LogP contribution in [0.1, 0.15) is 20.8 Å². The molecular formula is C10H19NO4. The molecular weight excluding hydrogens is 198 g/mol. The molecule has 0 saturated carbocycles. The second-order valence-corrected chi connectivity index (χ2v) is 4.17. The Labute approximate surface area is 90.0 Å². The Morgan fingerprint density at radius 3 is 2.27 bits per heavy atom. The molecule has 0 heterocycles. The highest BCUT2D eigenvalue weighted by atomic mass is 16.5. The number of methoxy groups -OCH3 is 1. The van der Waals surface area contributed by atoms with Gasteiger partial charge in [0.2, 0.25) is 0 Å². The van der Waals surface area contributed by atoms with Crippen LogP contribution in [-0.2, 0) is 14.3 Å². The first-order chi connectivity index (χ1) is 6.70. The van der Waals surface area contributed by atoms with Gasteiger partial charge in [-0.05, 0) is 13.8 Å². The highest BCUT2D eigenvalue weighted by Crippen LogP contribution is 2.08. The number of rotatable bonds is 4. The molecule has 1 atom stereocenters. The van der Waals surface area contributed by atoms with Crippen molar-refractivity contribution in [1.82, 2.24) is 4.90 Å². The molecule has 88 valence electrons. The largest absolute Gasteiger partial charge is 0.469 e. The third kappa shape index (κ3) is 4.29. The number of ether oxygens (including phenoxy) is 1. The SMILES string of the molecule is COC(=O)C(C)CN(C)C(=O)C(C)(C)O. The van der Waals surface area contributed by atoms with Crippen molar-refractivity contribution in [3.63, 3.8) is 0 Å². The number of aliphatic hydroxyl groups is 1. The van der Waals surface area contributed by atoms with Gasteiger partial charge in [-0.1, -0.05) is 6.92 Å². The smallest absolute Gasteiger partial charge is 0.310 e. The van der Waals surface area contributed by atoms with Gasteiger partial charge in [-0.25, -0.2) is 0 Å². The van der Waals surface area contributed by atoms with Crippen molar-refractivity contribution >= 4 is 11.9 Å². The molecule has 1 unspecified atom stereocenters. The number of hydrogen-bond acceptors (Lipinski definition) is 4. The summed E-state index contributed by atoms with van der Waals surface area (Å²) in [5, 5.41) is 9.46. The highest BCUT2D eigenvalue weighted by molar-refractivity contribution is 5.84. The average molecular weight is 217 g/mol. The van der Waals surface area contributed by atoms with E-state index in [-0.39, 0.29) is 12.5 Å². The molecule has 5 nitrogen and oxygen atoms in total. The number of hydrogen-bond donors (Lipinski definition) is 1. The lowest BCUT2D eigenvalue weighted by molar-refractivity contribution is -0.150. The summed E-state index contributed by atoms with van der Waals surface area (Å²) in [6.07, 6.45) is 0. The van der Waals surface area contributed by atoms with Crippen molar-refractivity contribution in [3.8, 4) is 0 Å². The van der Waals surface area contributed by atoms with E-state index in [1.54, 1.807) is 14.0 Å². The summed E-state index contributed by atoms with van der Waals surface area (Å²) in [5.74, 6) is -1.19. The Balaban J connectivity index is 4.32. The van der Waals surface area contributed by atoms with Crippen LogP contribution in [0.25, 0.3) is 0 Å². The van der Waals surface area contributed by atoms with Gasteiger partial charge in [0.15, 0.2) is 0 Å². The zero-order valence-electron chi connectivity index (χ0n) is 9.90. The fourth-order valence-corrected chi connectivity index (χ4v) is 1.24. The molecule has 0 fully saturated rings. The first kappa shape index (κ1) is 13.9. The van der Waals surface area contributed by atoms with Crippen LogP contribution < -0.4 is 0 Å². The van der Waals surface area contributed by atoms with Gasteiger partial charge in [0.1, 0.15) is 5.60 Å². The average Bonchev–Trinajstić information content (AvgIpc) is 2.13. The predicted octanol–water partition coefficient (Wildman–Crippen LogP) is 0.0248. The van der Waals surface area contributed by atoms with Gasteiger partial charge in [0, 0.05) is 13.6 Å². The van der Waals surface area contributed by atoms with Gasteiger partial charge < -0.3 is 14.7 Å². The van der Waals surface area contributed by atoms with Crippen LogP contribution in [0.5, 0.6) is 0 Å². The van der Waals surface area contributed by atoms with E-state index in [0.29, 0.717) is 0 Å². The normalized spacial score (nSPS) is 13.2. The molecule has 0 aromatic carbocycles. The van der Waals surface area contributed by atoms with E-state index >= 15 is 0 Å². The lowest BCUT2D eigenvalue weighted by atomic mass is 10.1. The maximum atomic E-state index is 11.5. The van der Waals surface area contributed by atoms with Crippen molar-refractivity contribution < 1.29 is 19.4 Å². The lowest BCUT2D eigenvalue weighted by Crippen LogP contribution is -2.45. The van der Waals surface area contributed by atoms with Crippen molar-refractivity contribution in [1.29, 1.82) is 0 Å². The molecule has 1 N–H and O–H groups in total. The van der Waals surface area contributed by atoms with E-state index in [1.165, 1.54) is 25.9 Å². The van der Waals surface area contributed by atoms with Crippen LogP contribution >= 0.6 is 0 Å². The summed E-state index contributed by atoms with van der Waals surface area (Å²) in [6.45, 7) is 4.72. The molecule has 0 aromatic heterocycles. The van der Waals surface area contributed by atoms with Crippen molar-refractivity contribution in [3.05, 3.63) is 0 Å². The maximum absolute atomic E-state index is 11.5. The third-order valence-corrected chi connectivity index (χ3v) is 2.02. The summed E-state index contributed by atoms with van der Waals surface area (Å²) < 4.78 is 4.54. The quantitative estimate of drug-likeness (QED) is 0.674. The lowest BCUT2D eigenvalue weighted by Gasteiger charge is -2.26. The number of likely N-dealkylation sites (N-methyl/N-ethyl adjacent to an activating group) is 1. The predicted molar refractivity (Wildman–Crippen MR) is 55.1 cm³/mol. The van der Waals surface area contributed by atoms with Crippen LogP contribution in [0.15, 0.2) is 0 Å². The Hall–Kier alpha value is -1.10. The maximum Gasteiger partial charge on any atom is 0.310 e. The summed E-state index contributed by atoms with van der Waals surface area (Å²) in [4.78, 5) is 24.0. The number of carbonyl (C=O) groups excluding carboxylic acids is 2. The van der Waals surface area contributed by atoms with E-state index in [0.717, 1.165) is 0 Å². The van der Waals surface area contributed by atoms with Crippen LogP contribution in [-0.4, -0.2) is 48.2 Å². The topological polar surface area (TPSA) is 66.8 Å². The standard InChI is InChI=1S/C10H19NO4/c1-7(8(12)15-5)6-11(4)9(13)10(2,3)14/h7,14H,6H2,1-5H3. The molecule has 5 heteroatoms. The van der Waals surface area contributed by atoms with E-state index in [1.807, 2.05) is 0 Å². The van der Waals surface area contributed by atoms with Gasteiger partial charge in [-0.15, -0.1) is 0 Å². The van der Waals surface area contributed by atoms with Crippen LogP contribution in [0.4, 0.5) is 0 Å². The molecule has 0 rings (SSSR count). The van der Waals surface area contributed by atoms with Gasteiger partial charge in [-0.2, -0.15) is 0 Å². The third-order valence-electron chi connectivity index (χ3n) is 2.02. The van der Waals surface area contributed by atoms with Crippen LogP contribution in [0, 0.1) is 5.92 Å². The van der Waals surface area contributed by atoms with Crippen molar-refractivity contribution in [2.45, 2.75) is 26.4 Å². The van der Waals surface area contributed by atoms with Crippen molar-refractivity contribution in [2.75, 3.05) is 20.7 Å². The zero-order valence-corrected chi connectivity index (χ0v) is 9.90. The molecule has 0 aliphatic heterocycles. The molecule has 0 aliphatic carbocycles. The minimum Gasteiger partial charge on any atom is -0.469 e. The summed E-state index contributed by atoms with van der Waals surface area (Å²) in [5.41, 5.74) is -1.41. The summed E-state index contributed by atoms with van der Waals surface area (Å²) in [7, 11) is 2.84. The van der Waals surface area contributed by atoms with Gasteiger partial charge >= 0.3 is 5.97 Å². The molecule has 0 spiro atoms. The van der Waals surface area contributed by atoms with Crippen molar-refractivity contribution in [2.24, 2.45) is 5.92 Å². The van der Waals surface area contributed by atoms with Gasteiger partial charge in [0.25, 0.3) is 5.91 Å². The van der Waals surface area contributed by atoms with Gasteiger partial charge in [0.05, 0.1) is 13.0 Å². The molecule has 0 saturated heterocycles. The molecule has 15 heavy (non-hydrogen) atoms. The minimum absolute atomic E-state index is 0.232. The molecule has 1 amide bonds. The Kier molecular flexibility index (Phi) is 4.74. The minimum atomic E-state index is -1.41. The van der Waals surface area contributed by atoms with E-state index in [9.17, 15) is 14.7 Å². The summed E-state index contributed by atoms with van der Waals surface area (Å²) in [6, 6.07) is 0. The Morgan fingerprint density at radius 2 is 1.93 bits per heavy atom. The Morgan fingerprint density at radius 1 is 1.47 bits per heavy atom. The molecule has 0 aliphatic rings. The number of nitrogens with zero attached hydrogens (tertiary/aromatic N) is 1. The van der Waals surface area contributed by atoms with Gasteiger partial charge in [-0.3, -0.25) is 9.59 Å². The molecule has 0 aromatic rings. The molecule has 0 bridgehead atoms. The number of amides is 1. The number of esters is 1. The zero-order chi connectivity index (χ0) is 12.2. The van der Waals surface area contributed by atoms with Crippen LogP contribution in [0.3, 0.4) is 0 Å². The summed E-state index contributed by atoms with van der Waals surface area (Å²) >= 11 is 0. The fraction of sp³-hybridized carbons (Fsp3) is 0.800. The first-order valence-corrected chi connectivity index (χ1v) is 4.76. The molecule has 0 radical (unpaired) electrons. The second-order valence-electron chi connectivity index (χ2n) is 4.17. The first-order valence-electron chi connectivity index (χ1n) is 4.76. The number of carbonyl (C=O) groups is 2. The Bertz CT molecular complexity index is 244. The monoisotopic (exact) mass is 217 g/mol. The van der Waals surface area contributed by atoms with E-state index < -0.39 is 17.4 Å².